The summed E-state index contributed by atoms with van der Waals surface area (Å²) in [6, 6.07) is 0. The molecule has 0 amide bonds. The first-order valence-electron chi connectivity index (χ1n) is 5.11. The molecule has 0 spiro atoms. The minimum atomic E-state index is 0. The number of aromatic nitrogens is 12. The molecule has 3 aromatic rings. The average Bonchev–Trinajstić information content (AvgIpc) is 2.57. The minimum absolute atomic E-state index is 0. The van der Waals surface area contributed by atoms with Crippen LogP contribution in [0.2, 0.25) is 0 Å². The van der Waals surface area contributed by atoms with Crippen LogP contribution in [0.1, 0.15) is 0 Å². The standard InChI is InChI=1S/3C2H2N4S2.2U/c3*7-1-3-5-2(8)6-4-1;;/h3*(H,3,4,7)(H,5,6,8);;/q;;;2*+3/p-6. The van der Waals surface area contributed by atoms with Crippen molar-refractivity contribution in [3.05, 3.63) is 0 Å². The molecule has 0 saturated heterocycles. The van der Waals surface area contributed by atoms with Gasteiger partial charge in [-0.3, -0.25) is 0 Å². The van der Waals surface area contributed by atoms with Gasteiger partial charge in [-0.05, 0) is 0 Å². The molecule has 0 fully saturated rings. The summed E-state index contributed by atoms with van der Waals surface area (Å²) in [5, 5.41) is 41.1. The van der Waals surface area contributed by atoms with Gasteiger partial charge in [0.2, 0.25) is 0 Å². The van der Waals surface area contributed by atoms with Crippen LogP contribution >= 0.6 is 0 Å². The zero-order valence-corrected chi connectivity index (χ0v) is 25.0. The van der Waals surface area contributed by atoms with Crippen molar-refractivity contribution >= 4 is 75.8 Å². The molecule has 0 bridgehead atoms. The Bertz CT molecular complexity index is 566. The Morgan fingerprint density at radius 3 is 0.423 bits per heavy atom. The molecule has 0 aliphatic rings. The maximum Gasteiger partial charge on any atom is 3.00 e. The predicted octanol–water partition coefficient (Wildman–Crippen LogP) is -2.77. The number of rotatable bonds is 0. The first-order chi connectivity index (χ1) is 11.4. The van der Waals surface area contributed by atoms with Crippen LogP contribution < -0.4 is 0 Å². The predicted molar refractivity (Wildman–Crippen MR) is 86.7 cm³/mol. The Labute approximate surface area is 227 Å². The average molecular weight is 909 g/mol. The molecule has 26 heavy (non-hydrogen) atoms. The molecule has 0 saturated carbocycles. The quantitative estimate of drug-likeness (QED) is 0.214. The van der Waals surface area contributed by atoms with Crippen molar-refractivity contribution in [1.82, 2.24) is 61.2 Å². The number of hydrogen-bond donors (Lipinski definition) is 0. The first kappa shape index (κ1) is 28.5. The Morgan fingerprint density at radius 2 is 0.346 bits per heavy atom. The molecular weight excluding hydrogens is 909 g/mol. The van der Waals surface area contributed by atoms with Crippen molar-refractivity contribution < 1.29 is 62.2 Å². The van der Waals surface area contributed by atoms with Crippen LogP contribution in [-0.2, 0) is 75.8 Å². The van der Waals surface area contributed by atoms with Gasteiger partial charge in [-0.25, -0.2) is 0 Å². The van der Waals surface area contributed by atoms with E-state index in [4.69, 9.17) is 0 Å². The minimum Gasteiger partial charge on any atom is -0.736 e. The molecule has 3 aromatic heterocycles. The van der Waals surface area contributed by atoms with Gasteiger partial charge >= 0.3 is 62.2 Å². The van der Waals surface area contributed by atoms with E-state index >= 15 is 0 Å². The monoisotopic (exact) mass is 908 g/mol. The van der Waals surface area contributed by atoms with Gasteiger partial charge in [0.05, 0.1) is 30.9 Å². The summed E-state index contributed by atoms with van der Waals surface area (Å²) in [6.45, 7) is 0. The van der Waals surface area contributed by atoms with Crippen molar-refractivity contribution in [3.8, 4) is 0 Å². The maximum absolute atomic E-state index is 4.48. The van der Waals surface area contributed by atoms with Crippen LogP contribution in [0.25, 0.3) is 0 Å². The Hall–Kier alpha value is 0.244. The molecule has 12 nitrogen and oxygen atoms in total. The van der Waals surface area contributed by atoms with Gasteiger partial charge in [0.15, 0.2) is 0 Å². The third-order valence-electron chi connectivity index (χ3n) is 1.33. The van der Waals surface area contributed by atoms with E-state index in [2.05, 4.69) is 137 Å². The molecule has 20 heteroatoms. The second-order valence-electron chi connectivity index (χ2n) is 2.90. The summed E-state index contributed by atoms with van der Waals surface area (Å²) < 4.78 is 0. The Balaban J connectivity index is 0. The molecule has 0 unspecified atom stereocenters. The normalized spacial score (nSPS) is 8.31. The molecule has 0 aliphatic heterocycles. The third-order valence-corrected chi connectivity index (χ3v) is 2.31. The zero-order valence-electron chi connectivity index (χ0n) is 11.8. The second-order valence-corrected chi connectivity index (χ2v) is 5.09. The fraction of sp³-hybridized carbons (Fsp3) is 0. The van der Waals surface area contributed by atoms with Crippen LogP contribution in [0.15, 0.2) is 30.9 Å². The fourth-order valence-electron chi connectivity index (χ4n) is 0.633. The molecule has 0 aliphatic carbocycles. The summed E-state index contributed by atoms with van der Waals surface area (Å²) in [4.78, 5) is 0. The summed E-state index contributed by atoms with van der Waals surface area (Å²) in [6.07, 6.45) is 0. The number of hydrogen-bond acceptors (Lipinski definition) is 18. The van der Waals surface area contributed by atoms with E-state index in [1.165, 1.54) is 0 Å². The molecule has 2 radical (unpaired) electrons. The SMILES string of the molecule is [S-]c1nnc([S-])nn1.[S-]c1nnc([S-])nn1.[S-]c1nnc([S-])nn1.[U+3].[U+3]. The topological polar surface area (TPSA) is 155 Å². The summed E-state index contributed by atoms with van der Waals surface area (Å²) in [5.41, 5.74) is 0. The fourth-order valence-corrected chi connectivity index (χ4v) is 1.12. The van der Waals surface area contributed by atoms with Crippen LogP contribution in [0.3, 0.4) is 0 Å². The summed E-state index contributed by atoms with van der Waals surface area (Å²) in [5.74, 6) is 0. The Kier molecular flexibility index (Phi) is 17.8. The van der Waals surface area contributed by atoms with Crippen molar-refractivity contribution in [1.29, 1.82) is 0 Å². The van der Waals surface area contributed by atoms with E-state index in [9.17, 15) is 0 Å². The molecule has 0 atom stereocenters. The van der Waals surface area contributed by atoms with Gasteiger partial charge in [-0.15, -0.1) is 0 Å². The molecule has 0 aromatic carbocycles. The largest absolute Gasteiger partial charge is 3.00 e. The Morgan fingerprint density at radius 1 is 0.269 bits per heavy atom. The van der Waals surface area contributed by atoms with E-state index < -0.39 is 0 Å². The smallest absolute Gasteiger partial charge is 0.736 e. The van der Waals surface area contributed by atoms with Crippen molar-refractivity contribution in [2.45, 2.75) is 30.9 Å². The van der Waals surface area contributed by atoms with Gasteiger partial charge in [-0.2, -0.15) is 61.2 Å². The van der Waals surface area contributed by atoms with Gasteiger partial charge in [0.1, 0.15) is 0 Å². The zero-order chi connectivity index (χ0) is 17.9. The van der Waals surface area contributed by atoms with Crippen LogP contribution in [0.4, 0.5) is 0 Å². The van der Waals surface area contributed by atoms with E-state index in [1.807, 2.05) is 0 Å². The number of nitrogens with zero attached hydrogens (tertiary/aromatic N) is 12. The van der Waals surface area contributed by atoms with Gasteiger partial charge in [0.25, 0.3) is 0 Å². The van der Waals surface area contributed by atoms with Crippen molar-refractivity contribution in [2.75, 3.05) is 0 Å². The molecule has 0 N–H and O–H groups in total. The van der Waals surface area contributed by atoms with E-state index in [-0.39, 0.29) is 93.2 Å². The molecular formula is C6N12S6U2. The van der Waals surface area contributed by atoms with Crippen LogP contribution in [-0.4, -0.2) is 61.2 Å². The van der Waals surface area contributed by atoms with Crippen molar-refractivity contribution in [2.24, 2.45) is 0 Å². The van der Waals surface area contributed by atoms with Gasteiger partial charge in [0, 0.05) is 0 Å². The molecule has 128 valence electrons. The van der Waals surface area contributed by atoms with Crippen LogP contribution in [0.5, 0.6) is 0 Å². The van der Waals surface area contributed by atoms with E-state index in [0.29, 0.717) is 0 Å². The van der Waals surface area contributed by atoms with Crippen LogP contribution in [0, 0.1) is 62.2 Å². The van der Waals surface area contributed by atoms with Gasteiger partial charge < -0.3 is 75.8 Å². The van der Waals surface area contributed by atoms with E-state index in [0.717, 1.165) is 0 Å². The first-order valence-corrected chi connectivity index (χ1v) is 7.56. The third kappa shape index (κ3) is 14.3. The summed E-state index contributed by atoms with van der Waals surface area (Å²) in [7, 11) is 0. The molecule has 3 heterocycles. The van der Waals surface area contributed by atoms with Gasteiger partial charge in [-0.1, -0.05) is 0 Å². The van der Waals surface area contributed by atoms with Crippen molar-refractivity contribution in [3.63, 3.8) is 0 Å². The summed E-state index contributed by atoms with van der Waals surface area (Å²) >= 11 is 26.9. The maximum atomic E-state index is 4.48. The van der Waals surface area contributed by atoms with E-state index in [1.54, 1.807) is 0 Å². The molecule has 3 rings (SSSR count). The second kappa shape index (κ2) is 16.2.